The minimum atomic E-state index is -0.333. The second-order valence-electron chi connectivity index (χ2n) is 6.15. The summed E-state index contributed by atoms with van der Waals surface area (Å²) < 4.78 is 5.26. The molecule has 8 heteroatoms. The fourth-order valence-electron chi connectivity index (χ4n) is 2.80. The van der Waals surface area contributed by atoms with E-state index in [0.717, 1.165) is 4.88 Å². The molecule has 0 fully saturated rings. The van der Waals surface area contributed by atoms with Gasteiger partial charge in [-0.1, -0.05) is 47.7 Å². The predicted octanol–water partition coefficient (Wildman–Crippen LogP) is 5.38. The van der Waals surface area contributed by atoms with Crippen LogP contribution in [0.15, 0.2) is 72.1 Å². The van der Waals surface area contributed by atoms with Gasteiger partial charge < -0.3 is 10.1 Å². The van der Waals surface area contributed by atoms with E-state index in [0.29, 0.717) is 32.7 Å². The normalized spacial score (nSPS) is 10.4. The Bertz CT molecular complexity index is 1170. The molecule has 6 nitrogen and oxygen atoms in total. The van der Waals surface area contributed by atoms with Crippen molar-refractivity contribution >= 4 is 44.6 Å². The SMILES string of the molecule is COc1ccccc1C(=O)Nc1nc(-c2cccs2)c(NC(=O)c2ccccc2)s1. The summed E-state index contributed by atoms with van der Waals surface area (Å²) in [6.45, 7) is 0. The molecule has 0 unspecified atom stereocenters. The van der Waals surface area contributed by atoms with Crippen LogP contribution in [0.3, 0.4) is 0 Å². The highest BCUT2D eigenvalue weighted by molar-refractivity contribution is 7.21. The molecule has 0 saturated carbocycles. The predicted molar refractivity (Wildman–Crippen MR) is 121 cm³/mol. The highest BCUT2D eigenvalue weighted by Crippen LogP contribution is 2.38. The summed E-state index contributed by atoms with van der Waals surface area (Å²) in [6.07, 6.45) is 0. The molecule has 2 N–H and O–H groups in total. The molecule has 0 radical (unpaired) electrons. The van der Waals surface area contributed by atoms with Gasteiger partial charge in [0.2, 0.25) is 0 Å². The molecule has 0 aliphatic heterocycles. The molecule has 0 spiro atoms. The van der Waals surface area contributed by atoms with E-state index in [1.54, 1.807) is 48.5 Å². The van der Waals surface area contributed by atoms with Crippen LogP contribution in [0.1, 0.15) is 20.7 Å². The second kappa shape index (κ2) is 8.89. The highest BCUT2D eigenvalue weighted by Gasteiger charge is 2.20. The van der Waals surface area contributed by atoms with Crippen LogP contribution in [0, 0.1) is 0 Å². The van der Waals surface area contributed by atoms with Crippen LogP contribution >= 0.6 is 22.7 Å². The first-order chi connectivity index (χ1) is 14.7. The standard InChI is InChI=1S/C22H17N3O3S2/c1-28-16-11-6-5-10-15(16)20(27)25-22-23-18(17-12-7-13-29-17)21(30-22)24-19(26)14-8-3-2-4-9-14/h2-13H,1H3,(H,24,26)(H,23,25,27). The van der Waals surface area contributed by atoms with E-state index in [1.807, 2.05) is 23.6 Å². The molecule has 2 aromatic heterocycles. The largest absolute Gasteiger partial charge is 0.496 e. The van der Waals surface area contributed by atoms with E-state index in [4.69, 9.17) is 4.74 Å². The van der Waals surface area contributed by atoms with Crippen molar-refractivity contribution in [3.8, 4) is 16.3 Å². The number of benzene rings is 2. The Morgan fingerprint density at radius 1 is 0.900 bits per heavy atom. The molecular formula is C22H17N3O3S2. The van der Waals surface area contributed by atoms with Crippen LogP contribution in [0.2, 0.25) is 0 Å². The molecule has 0 saturated heterocycles. The van der Waals surface area contributed by atoms with Crippen molar-refractivity contribution in [2.45, 2.75) is 0 Å². The lowest BCUT2D eigenvalue weighted by Crippen LogP contribution is -2.12. The van der Waals surface area contributed by atoms with Crippen molar-refractivity contribution < 1.29 is 14.3 Å². The zero-order valence-electron chi connectivity index (χ0n) is 15.9. The minimum absolute atomic E-state index is 0.236. The van der Waals surface area contributed by atoms with Gasteiger partial charge in [0.05, 0.1) is 17.6 Å². The number of aromatic nitrogens is 1. The summed E-state index contributed by atoms with van der Waals surface area (Å²) in [5.41, 5.74) is 1.57. The smallest absolute Gasteiger partial charge is 0.261 e. The number of ether oxygens (including phenoxy) is 1. The third-order valence-electron chi connectivity index (χ3n) is 4.22. The van der Waals surface area contributed by atoms with Crippen molar-refractivity contribution in [1.29, 1.82) is 0 Å². The Morgan fingerprint density at radius 2 is 1.67 bits per heavy atom. The molecule has 150 valence electrons. The number of thiophene rings is 1. The van der Waals surface area contributed by atoms with Crippen LogP contribution in [-0.4, -0.2) is 23.9 Å². The monoisotopic (exact) mass is 435 g/mol. The fourth-order valence-corrected chi connectivity index (χ4v) is 4.45. The molecule has 4 aromatic rings. The molecule has 0 aliphatic rings. The van der Waals surface area contributed by atoms with Gasteiger partial charge in [0.15, 0.2) is 5.13 Å². The molecule has 4 rings (SSSR count). The number of rotatable bonds is 6. The topological polar surface area (TPSA) is 80.3 Å². The van der Waals surface area contributed by atoms with Crippen LogP contribution in [0.4, 0.5) is 10.1 Å². The first-order valence-corrected chi connectivity index (χ1v) is 10.7. The maximum absolute atomic E-state index is 12.7. The summed E-state index contributed by atoms with van der Waals surface area (Å²) in [5.74, 6) is -0.0952. The maximum Gasteiger partial charge on any atom is 0.261 e. The number of hydrogen-bond acceptors (Lipinski definition) is 6. The number of para-hydroxylation sites is 1. The number of hydrogen-bond donors (Lipinski definition) is 2. The van der Waals surface area contributed by atoms with Crippen LogP contribution in [0.25, 0.3) is 10.6 Å². The van der Waals surface area contributed by atoms with Crippen molar-refractivity contribution in [2.75, 3.05) is 17.7 Å². The van der Waals surface area contributed by atoms with Gasteiger partial charge in [0.25, 0.3) is 11.8 Å². The van der Waals surface area contributed by atoms with Crippen molar-refractivity contribution in [2.24, 2.45) is 0 Å². The number of amides is 2. The summed E-state index contributed by atoms with van der Waals surface area (Å²) in [5, 5.41) is 8.62. The van der Waals surface area contributed by atoms with Gasteiger partial charge in [-0.05, 0) is 35.7 Å². The Labute approximate surface area is 181 Å². The number of nitrogens with zero attached hydrogens (tertiary/aromatic N) is 1. The van der Waals surface area contributed by atoms with Gasteiger partial charge >= 0.3 is 0 Å². The number of carbonyl (C=O) groups excluding carboxylic acids is 2. The summed E-state index contributed by atoms with van der Waals surface area (Å²) >= 11 is 2.72. The lowest BCUT2D eigenvalue weighted by Gasteiger charge is -2.07. The molecule has 0 aliphatic carbocycles. The van der Waals surface area contributed by atoms with Crippen molar-refractivity contribution in [3.63, 3.8) is 0 Å². The van der Waals surface area contributed by atoms with Crippen molar-refractivity contribution in [1.82, 2.24) is 4.98 Å². The average molecular weight is 436 g/mol. The summed E-state index contributed by atoms with van der Waals surface area (Å²) in [6, 6.07) is 19.7. The summed E-state index contributed by atoms with van der Waals surface area (Å²) in [4.78, 5) is 30.8. The second-order valence-corrected chi connectivity index (χ2v) is 8.10. The Morgan fingerprint density at radius 3 is 2.40 bits per heavy atom. The van der Waals surface area contributed by atoms with Gasteiger partial charge in [0.1, 0.15) is 16.4 Å². The van der Waals surface area contributed by atoms with E-state index < -0.39 is 0 Å². The molecule has 0 bridgehead atoms. The zero-order valence-corrected chi connectivity index (χ0v) is 17.5. The number of nitrogens with one attached hydrogen (secondary N) is 2. The van der Waals surface area contributed by atoms with Gasteiger partial charge in [-0.15, -0.1) is 11.3 Å². The van der Waals surface area contributed by atoms with E-state index in [1.165, 1.54) is 29.8 Å². The molecule has 0 atom stereocenters. The molecule has 30 heavy (non-hydrogen) atoms. The Balaban J connectivity index is 1.63. The lowest BCUT2D eigenvalue weighted by atomic mass is 10.2. The summed E-state index contributed by atoms with van der Waals surface area (Å²) in [7, 11) is 1.52. The van der Waals surface area contributed by atoms with Crippen LogP contribution < -0.4 is 15.4 Å². The van der Waals surface area contributed by atoms with Gasteiger partial charge in [-0.25, -0.2) is 4.98 Å². The molecular weight excluding hydrogens is 418 g/mol. The fraction of sp³-hybridized carbons (Fsp3) is 0.0455. The highest BCUT2D eigenvalue weighted by atomic mass is 32.1. The van der Waals surface area contributed by atoms with E-state index in [2.05, 4.69) is 15.6 Å². The quantitative estimate of drug-likeness (QED) is 0.426. The molecule has 2 aromatic carbocycles. The van der Waals surface area contributed by atoms with E-state index in [-0.39, 0.29) is 11.8 Å². The Kier molecular flexibility index (Phi) is 5.87. The van der Waals surface area contributed by atoms with E-state index in [9.17, 15) is 9.59 Å². The average Bonchev–Trinajstić information content (AvgIpc) is 3.44. The molecule has 2 amide bonds. The van der Waals surface area contributed by atoms with Gasteiger partial charge in [-0.3, -0.25) is 14.9 Å². The Hall–Kier alpha value is -3.49. The maximum atomic E-state index is 12.7. The minimum Gasteiger partial charge on any atom is -0.496 e. The van der Waals surface area contributed by atoms with E-state index >= 15 is 0 Å². The van der Waals surface area contributed by atoms with Gasteiger partial charge in [0, 0.05) is 5.56 Å². The first kappa shape index (κ1) is 19.8. The zero-order chi connectivity index (χ0) is 20.9. The number of methoxy groups -OCH3 is 1. The third-order valence-corrected chi connectivity index (χ3v) is 5.98. The van der Waals surface area contributed by atoms with Crippen LogP contribution in [0.5, 0.6) is 5.75 Å². The van der Waals surface area contributed by atoms with Crippen molar-refractivity contribution in [3.05, 3.63) is 83.2 Å². The van der Waals surface area contributed by atoms with Crippen LogP contribution in [-0.2, 0) is 0 Å². The number of anilines is 2. The third kappa shape index (κ3) is 4.24. The van der Waals surface area contributed by atoms with Gasteiger partial charge in [-0.2, -0.15) is 0 Å². The lowest BCUT2D eigenvalue weighted by molar-refractivity contribution is 0.101. The number of thiazole rings is 1. The first-order valence-electron chi connectivity index (χ1n) is 9.01. The molecule has 2 heterocycles. The number of carbonyl (C=O) groups is 2.